The predicted octanol–water partition coefficient (Wildman–Crippen LogP) is 3.23. The van der Waals surface area contributed by atoms with Gasteiger partial charge in [0, 0.05) is 17.5 Å². The second-order valence-electron chi connectivity index (χ2n) is 6.29. The quantitative estimate of drug-likeness (QED) is 0.774. The SMILES string of the molecule is COc1ccc2c(c1)CC(NC(C)c1ccc3[nH]ncc3c1)CO2. The highest BCUT2D eigenvalue weighted by atomic mass is 16.5. The molecule has 0 aliphatic carbocycles. The maximum absolute atomic E-state index is 5.90. The van der Waals surface area contributed by atoms with Crippen LogP contribution in [0.5, 0.6) is 11.5 Å². The van der Waals surface area contributed by atoms with Gasteiger partial charge in [0.15, 0.2) is 0 Å². The molecule has 124 valence electrons. The number of hydrogen-bond acceptors (Lipinski definition) is 4. The molecule has 0 radical (unpaired) electrons. The topological polar surface area (TPSA) is 59.2 Å². The van der Waals surface area contributed by atoms with Gasteiger partial charge in [-0.1, -0.05) is 6.07 Å². The molecule has 0 spiro atoms. The molecule has 2 heterocycles. The van der Waals surface area contributed by atoms with E-state index in [1.165, 1.54) is 11.1 Å². The lowest BCUT2D eigenvalue weighted by molar-refractivity contribution is 0.229. The van der Waals surface area contributed by atoms with Crippen molar-refractivity contribution in [1.82, 2.24) is 15.5 Å². The normalized spacial score (nSPS) is 18.0. The Morgan fingerprint density at radius 3 is 3.08 bits per heavy atom. The Kier molecular flexibility index (Phi) is 3.86. The van der Waals surface area contributed by atoms with Crippen LogP contribution in [0.2, 0.25) is 0 Å². The fourth-order valence-corrected chi connectivity index (χ4v) is 3.29. The molecule has 0 fully saturated rings. The summed E-state index contributed by atoms with van der Waals surface area (Å²) < 4.78 is 11.2. The second kappa shape index (κ2) is 6.17. The van der Waals surface area contributed by atoms with E-state index in [1.807, 2.05) is 18.3 Å². The summed E-state index contributed by atoms with van der Waals surface area (Å²) in [7, 11) is 1.69. The van der Waals surface area contributed by atoms with Crippen molar-refractivity contribution >= 4 is 10.9 Å². The van der Waals surface area contributed by atoms with Gasteiger partial charge in [-0.2, -0.15) is 5.10 Å². The molecule has 2 N–H and O–H groups in total. The van der Waals surface area contributed by atoms with E-state index in [1.54, 1.807) is 7.11 Å². The maximum Gasteiger partial charge on any atom is 0.122 e. The van der Waals surface area contributed by atoms with Crippen LogP contribution in [0, 0.1) is 0 Å². The first kappa shape index (κ1) is 15.0. The average Bonchev–Trinajstić information content (AvgIpc) is 3.08. The van der Waals surface area contributed by atoms with Gasteiger partial charge in [0.2, 0.25) is 0 Å². The van der Waals surface area contributed by atoms with Gasteiger partial charge in [0.25, 0.3) is 0 Å². The Labute approximate surface area is 141 Å². The molecule has 1 aliphatic rings. The lowest BCUT2D eigenvalue weighted by Gasteiger charge is -2.29. The first-order valence-electron chi connectivity index (χ1n) is 8.22. The Hall–Kier alpha value is -2.53. The number of fused-ring (bicyclic) bond motifs is 2. The monoisotopic (exact) mass is 323 g/mol. The Morgan fingerprint density at radius 1 is 1.29 bits per heavy atom. The molecule has 0 amide bonds. The van der Waals surface area contributed by atoms with Gasteiger partial charge in [-0.15, -0.1) is 0 Å². The summed E-state index contributed by atoms with van der Waals surface area (Å²) in [4.78, 5) is 0. The molecule has 0 saturated heterocycles. The fraction of sp³-hybridized carbons (Fsp3) is 0.316. The van der Waals surface area contributed by atoms with Crippen molar-refractivity contribution in [2.24, 2.45) is 0 Å². The number of nitrogens with zero attached hydrogens (tertiary/aromatic N) is 1. The highest BCUT2D eigenvalue weighted by Crippen LogP contribution is 2.29. The van der Waals surface area contributed by atoms with Crippen LogP contribution in [-0.2, 0) is 6.42 Å². The molecule has 5 nitrogen and oxygen atoms in total. The van der Waals surface area contributed by atoms with Gasteiger partial charge >= 0.3 is 0 Å². The summed E-state index contributed by atoms with van der Waals surface area (Å²) in [6.07, 6.45) is 2.79. The smallest absolute Gasteiger partial charge is 0.122 e. The molecule has 5 heteroatoms. The minimum absolute atomic E-state index is 0.241. The van der Waals surface area contributed by atoms with Crippen LogP contribution in [0.3, 0.4) is 0 Å². The lowest BCUT2D eigenvalue weighted by Crippen LogP contribution is -2.40. The summed E-state index contributed by atoms with van der Waals surface area (Å²) in [5.74, 6) is 1.83. The van der Waals surface area contributed by atoms with E-state index in [4.69, 9.17) is 9.47 Å². The highest BCUT2D eigenvalue weighted by Gasteiger charge is 2.22. The summed E-state index contributed by atoms with van der Waals surface area (Å²) in [6, 6.07) is 12.9. The molecular formula is C19H21N3O2. The molecule has 0 bridgehead atoms. The van der Waals surface area contributed by atoms with Crippen molar-refractivity contribution in [1.29, 1.82) is 0 Å². The summed E-state index contributed by atoms with van der Waals surface area (Å²) in [5, 5.41) is 11.9. The molecule has 2 aromatic carbocycles. The van der Waals surface area contributed by atoms with Gasteiger partial charge in [-0.3, -0.25) is 5.10 Å². The third-order valence-corrected chi connectivity index (χ3v) is 4.62. The number of benzene rings is 2. The molecule has 3 aromatic rings. The molecule has 24 heavy (non-hydrogen) atoms. The van der Waals surface area contributed by atoms with E-state index in [0.717, 1.165) is 28.8 Å². The van der Waals surface area contributed by atoms with E-state index in [-0.39, 0.29) is 12.1 Å². The Morgan fingerprint density at radius 2 is 2.21 bits per heavy atom. The van der Waals surface area contributed by atoms with Crippen LogP contribution in [0.4, 0.5) is 0 Å². The van der Waals surface area contributed by atoms with Gasteiger partial charge in [-0.25, -0.2) is 0 Å². The van der Waals surface area contributed by atoms with Crippen LogP contribution < -0.4 is 14.8 Å². The van der Waals surface area contributed by atoms with Crippen LogP contribution in [0.1, 0.15) is 24.1 Å². The minimum Gasteiger partial charge on any atom is -0.497 e. The number of nitrogens with one attached hydrogen (secondary N) is 2. The lowest BCUT2D eigenvalue weighted by atomic mass is 10.00. The van der Waals surface area contributed by atoms with Crippen LogP contribution in [-0.4, -0.2) is 30.0 Å². The summed E-state index contributed by atoms with van der Waals surface area (Å²) in [5.41, 5.74) is 3.50. The molecule has 0 saturated carbocycles. The van der Waals surface area contributed by atoms with E-state index in [2.05, 4.69) is 46.7 Å². The largest absolute Gasteiger partial charge is 0.497 e. The third-order valence-electron chi connectivity index (χ3n) is 4.62. The zero-order valence-corrected chi connectivity index (χ0v) is 13.9. The van der Waals surface area contributed by atoms with E-state index < -0.39 is 0 Å². The van der Waals surface area contributed by atoms with Gasteiger partial charge in [-0.05, 0) is 54.8 Å². The molecule has 2 atom stereocenters. The van der Waals surface area contributed by atoms with E-state index in [9.17, 15) is 0 Å². The van der Waals surface area contributed by atoms with Crippen molar-refractivity contribution < 1.29 is 9.47 Å². The second-order valence-corrected chi connectivity index (χ2v) is 6.29. The highest BCUT2D eigenvalue weighted by molar-refractivity contribution is 5.78. The van der Waals surface area contributed by atoms with Gasteiger partial charge in [0.1, 0.15) is 18.1 Å². The maximum atomic E-state index is 5.90. The number of methoxy groups -OCH3 is 1. The Balaban J connectivity index is 1.48. The van der Waals surface area contributed by atoms with E-state index >= 15 is 0 Å². The number of ether oxygens (including phenoxy) is 2. The van der Waals surface area contributed by atoms with Crippen LogP contribution in [0.15, 0.2) is 42.6 Å². The summed E-state index contributed by atoms with van der Waals surface area (Å²) >= 11 is 0. The zero-order valence-electron chi connectivity index (χ0n) is 13.9. The minimum atomic E-state index is 0.241. The Bertz CT molecular complexity index is 859. The number of rotatable bonds is 4. The first-order valence-corrected chi connectivity index (χ1v) is 8.22. The van der Waals surface area contributed by atoms with E-state index in [0.29, 0.717) is 6.61 Å². The molecule has 1 aliphatic heterocycles. The van der Waals surface area contributed by atoms with Gasteiger partial charge in [0.05, 0.1) is 18.8 Å². The van der Waals surface area contributed by atoms with Crippen molar-refractivity contribution in [3.05, 3.63) is 53.7 Å². The van der Waals surface area contributed by atoms with Crippen molar-refractivity contribution in [2.45, 2.75) is 25.4 Å². The summed E-state index contributed by atoms with van der Waals surface area (Å²) in [6.45, 7) is 2.86. The van der Waals surface area contributed by atoms with Gasteiger partial charge < -0.3 is 14.8 Å². The number of aromatic nitrogens is 2. The number of aromatic amines is 1. The average molecular weight is 323 g/mol. The molecule has 4 rings (SSSR count). The number of H-pyrrole nitrogens is 1. The molecule has 2 unspecified atom stereocenters. The standard InChI is InChI=1S/C19H21N3O2/c1-12(13-3-5-18-15(7-13)10-20-22-18)21-16-8-14-9-17(23-2)4-6-19(14)24-11-16/h3-7,9-10,12,16,21H,8,11H2,1-2H3,(H,20,22). The molecule has 1 aromatic heterocycles. The van der Waals surface area contributed by atoms with Crippen LogP contribution >= 0.6 is 0 Å². The fourth-order valence-electron chi connectivity index (χ4n) is 3.29. The predicted molar refractivity (Wildman–Crippen MR) is 93.6 cm³/mol. The zero-order chi connectivity index (χ0) is 16.5. The number of hydrogen-bond donors (Lipinski definition) is 2. The third kappa shape index (κ3) is 2.83. The molecular weight excluding hydrogens is 302 g/mol. The van der Waals surface area contributed by atoms with Crippen molar-refractivity contribution in [2.75, 3.05) is 13.7 Å². The van der Waals surface area contributed by atoms with Crippen LogP contribution in [0.25, 0.3) is 10.9 Å². The van der Waals surface area contributed by atoms with Crippen molar-refractivity contribution in [3.63, 3.8) is 0 Å². The first-order chi connectivity index (χ1) is 11.7. The van der Waals surface area contributed by atoms with Crippen molar-refractivity contribution in [3.8, 4) is 11.5 Å².